The number of hydrogen-bond acceptors (Lipinski definition) is 5. The molecule has 0 spiro atoms. The van der Waals surface area contributed by atoms with E-state index in [1.54, 1.807) is 0 Å². The molecule has 0 bridgehead atoms. The quantitative estimate of drug-likeness (QED) is 0.641. The number of hydrazine groups is 1. The van der Waals surface area contributed by atoms with Crippen LogP contribution in [0, 0.1) is 13.8 Å². The van der Waals surface area contributed by atoms with Gasteiger partial charge in [0.1, 0.15) is 0 Å². The number of pyridine rings is 1. The fourth-order valence-corrected chi connectivity index (χ4v) is 4.17. The number of piperidine rings is 1. The van der Waals surface area contributed by atoms with Crippen LogP contribution in [0.3, 0.4) is 0 Å². The van der Waals surface area contributed by atoms with Gasteiger partial charge in [0, 0.05) is 36.7 Å². The van der Waals surface area contributed by atoms with E-state index in [1.165, 1.54) is 16.7 Å². The molecule has 29 heavy (non-hydrogen) atoms. The monoisotopic (exact) mass is 394 g/mol. The molecular formula is C22H30N6O. The van der Waals surface area contributed by atoms with Gasteiger partial charge in [-0.05, 0) is 80.6 Å². The highest BCUT2D eigenvalue weighted by atomic mass is 16.2. The largest absolute Gasteiger partial charge is 0.334 e. The third kappa shape index (κ3) is 4.93. The average Bonchev–Trinajstić information content (AvgIpc) is 3.22. The number of rotatable bonds is 4. The van der Waals surface area contributed by atoms with Gasteiger partial charge in [0.2, 0.25) is 0 Å². The Bertz CT molecular complexity index is 842. The minimum atomic E-state index is -0.132. The van der Waals surface area contributed by atoms with E-state index in [0.29, 0.717) is 0 Å². The Labute approximate surface area is 172 Å². The molecule has 2 saturated heterocycles. The maximum Gasteiger partial charge on any atom is 0.319 e. The summed E-state index contributed by atoms with van der Waals surface area (Å²) in [6, 6.07) is 10.4. The van der Waals surface area contributed by atoms with Gasteiger partial charge >= 0.3 is 6.03 Å². The Morgan fingerprint density at radius 1 is 1.14 bits per heavy atom. The zero-order valence-electron chi connectivity index (χ0n) is 17.1. The summed E-state index contributed by atoms with van der Waals surface area (Å²) in [5, 5.41) is 6.12. The number of aryl methyl sites for hydroxylation is 2. The molecule has 7 heteroatoms. The first kappa shape index (κ1) is 19.8. The van der Waals surface area contributed by atoms with Gasteiger partial charge in [-0.3, -0.25) is 9.88 Å². The van der Waals surface area contributed by atoms with Crippen LogP contribution in [-0.4, -0.2) is 41.2 Å². The second kappa shape index (κ2) is 8.90. The summed E-state index contributed by atoms with van der Waals surface area (Å²) in [5.74, 6) is 0. The lowest BCUT2D eigenvalue weighted by molar-refractivity contribution is 0.125. The molecule has 3 atom stereocenters. The zero-order chi connectivity index (χ0) is 20.2. The summed E-state index contributed by atoms with van der Waals surface area (Å²) in [6.45, 7) is 6.02. The number of nitrogens with one attached hydrogen (secondary N) is 4. The third-order valence-corrected chi connectivity index (χ3v) is 5.99. The van der Waals surface area contributed by atoms with E-state index >= 15 is 0 Å². The Morgan fingerprint density at radius 3 is 2.76 bits per heavy atom. The van der Waals surface area contributed by atoms with Crippen LogP contribution in [0.5, 0.6) is 0 Å². The van der Waals surface area contributed by atoms with E-state index in [1.807, 2.05) is 30.6 Å². The molecule has 3 unspecified atom stereocenters. The fraction of sp³-hybridized carbons (Fsp3) is 0.455. The van der Waals surface area contributed by atoms with Crippen LogP contribution < -0.4 is 21.5 Å². The minimum Gasteiger partial charge on any atom is -0.334 e. The molecule has 2 aromatic rings. The molecule has 3 heterocycles. The molecule has 0 aliphatic carbocycles. The number of anilines is 1. The summed E-state index contributed by atoms with van der Waals surface area (Å²) in [6.07, 6.45) is 7.00. The second-order valence-corrected chi connectivity index (χ2v) is 8.10. The van der Waals surface area contributed by atoms with E-state index in [9.17, 15) is 4.79 Å². The summed E-state index contributed by atoms with van der Waals surface area (Å²) < 4.78 is 0. The van der Waals surface area contributed by atoms with E-state index in [2.05, 4.69) is 57.3 Å². The van der Waals surface area contributed by atoms with Crippen molar-refractivity contribution in [2.75, 3.05) is 18.4 Å². The van der Waals surface area contributed by atoms with Gasteiger partial charge < -0.3 is 10.6 Å². The van der Waals surface area contributed by atoms with Crippen LogP contribution in [0.25, 0.3) is 0 Å². The Morgan fingerprint density at radius 2 is 1.97 bits per heavy atom. The van der Waals surface area contributed by atoms with E-state index < -0.39 is 0 Å². The van der Waals surface area contributed by atoms with Crippen molar-refractivity contribution in [2.45, 2.75) is 51.4 Å². The molecule has 0 radical (unpaired) electrons. The molecule has 4 rings (SSSR count). The van der Waals surface area contributed by atoms with Crippen molar-refractivity contribution >= 4 is 11.7 Å². The van der Waals surface area contributed by atoms with Gasteiger partial charge in [0.25, 0.3) is 0 Å². The standard InChI is InChI=1S/C22H30N6O/c1-15-5-6-18(12-16(15)2)24-22(29)25-19-4-3-11-28(14-19)21-13-20(26-27-21)17-7-9-23-10-8-17/h5-10,12,19-21,26-27H,3-4,11,13-14H2,1-2H3,(H2,24,25,29). The second-order valence-electron chi connectivity index (χ2n) is 8.10. The summed E-state index contributed by atoms with van der Waals surface area (Å²) in [7, 11) is 0. The SMILES string of the molecule is Cc1ccc(NC(=O)NC2CCCN(C3CC(c4ccncc4)NN3)C2)cc1C. The predicted octanol–water partition coefficient (Wildman–Crippen LogP) is 2.85. The first-order chi connectivity index (χ1) is 14.1. The summed E-state index contributed by atoms with van der Waals surface area (Å²) in [4.78, 5) is 19.0. The van der Waals surface area contributed by atoms with Gasteiger partial charge in [-0.2, -0.15) is 0 Å². The number of amides is 2. The van der Waals surface area contributed by atoms with Crippen LogP contribution in [0.1, 0.15) is 42.0 Å². The van der Waals surface area contributed by atoms with Crippen molar-refractivity contribution in [2.24, 2.45) is 0 Å². The van der Waals surface area contributed by atoms with Crippen LogP contribution in [0.4, 0.5) is 10.5 Å². The minimum absolute atomic E-state index is 0.132. The summed E-state index contributed by atoms with van der Waals surface area (Å²) in [5.41, 5.74) is 11.3. The number of likely N-dealkylation sites (tertiary alicyclic amines) is 1. The number of urea groups is 1. The lowest BCUT2D eigenvalue weighted by Gasteiger charge is -2.36. The highest BCUT2D eigenvalue weighted by molar-refractivity contribution is 5.89. The van der Waals surface area contributed by atoms with Gasteiger partial charge in [-0.15, -0.1) is 0 Å². The molecular weight excluding hydrogens is 364 g/mol. The topological polar surface area (TPSA) is 81.3 Å². The molecule has 1 aromatic carbocycles. The first-order valence-corrected chi connectivity index (χ1v) is 10.4. The lowest BCUT2D eigenvalue weighted by atomic mass is 10.0. The number of carbonyl (C=O) groups excluding carboxylic acids is 1. The smallest absolute Gasteiger partial charge is 0.319 e. The molecule has 2 aliphatic heterocycles. The highest BCUT2D eigenvalue weighted by Crippen LogP contribution is 2.25. The molecule has 2 aliphatic rings. The highest BCUT2D eigenvalue weighted by Gasteiger charge is 2.32. The maximum absolute atomic E-state index is 12.5. The molecule has 7 nitrogen and oxygen atoms in total. The van der Waals surface area contributed by atoms with E-state index in [-0.39, 0.29) is 24.3 Å². The van der Waals surface area contributed by atoms with Crippen molar-refractivity contribution in [1.82, 2.24) is 26.1 Å². The first-order valence-electron chi connectivity index (χ1n) is 10.4. The maximum atomic E-state index is 12.5. The normalized spacial score (nSPS) is 25.0. The number of hydrogen-bond donors (Lipinski definition) is 4. The Kier molecular flexibility index (Phi) is 6.08. The Balaban J connectivity index is 1.29. The predicted molar refractivity (Wildman–Crippen MR) is 114 cm³/mol. The molecule has 154 valence electrons. The van der Waals surface area contributed by atoms with Crippen molar-refractivity contribution in [1.29, 1.82) is 0 Å². The van der Waals surface area contributed by atoms with Gasteiger partial charge in [0.05, 0.1) is 6.17 Å². The molecule has 2 amide bonds. The van der Waals surface area contributed by atoms with Crippen LogP contribution in [-0.2, 0) is 0 Å². The number of carbonyl (C=O) groups is 1. The average molecular weight is 395 g/mol. The van der Waals surface area contributed by atoms with Gasteiger partial charge in [0.15, 0.2) is 0 Å². The summed E-state index contributed by atoms with van der Waals surface area (Å²) >= 11 is 0. The van der Waals surface area contributed by atoms with Crippen molar-refractivity contribution < 1.29 is 4.79 Å². The van der Waals surface area contributed by atoms with Crippen LogP contribution in [0.15, 0.2) is 42.7 Å². The van der Waals surface area contributed by atoms with Crippen molar-refractivity contribution in [3.8, 4) is 0 Å². The third-order valence-electron chi connectivity index (χ3n) is 5.99. The molecule has 0 saturated carbocycles. The zero-order valence-corrected chi connectivity index (χ0v) is 17.1. The van der Waals surface area contributed by atoms with Crippen molar-refractivity contribution in [3.05, 3.63) is 59.4 Å². The fourth-order valence-electron chi connectivity index (χ4n) is 4.17. The molecule has 1 aromatic heterocycles. The number of benzene rings is 1. The van der Waals surface area contributed by atoms with E-state index in [4.69, 9.17) is 0 Å². The lowest BCUT2D eigenvalue weighted by Crippen LogP contribution is -2.54. The van der Waals surface area contributed by atoms with Crippen LogP contribution in [0.2, 0.25) is 0 Å². The Hall–Kier alpha value is -2.48. The molecule has 2 fully saturated rings. The van der Waals surface area contributed by atoms with Crippen LogP contribution >= 0.6 is 0 Å². The van der Waals surface area contributed by atoms with Crippen molar-refractivity contribution in [3.63, 3.8) is 0 Å². The van der Waals surface area contributed by atoms with E-state index in [0.717, 1.165) is 38.0 Å². The molecule has 4 N–H and O–H groups in total. The number of nitrogens with zero attached hydrogens (tertiary/aromatic N) is 2. The van der Waals surface area contributed by atoms with Gasteiger partial charge in [-0.25, -0.2) is 15.6 Å². The number of aromatic nitrogens is 1. The van der Waals surface area contributed by atoms with Gasteiger partial charge in [-0.1, -0.05) is 6.07 Å².